The lowest BCUT2D eigenvalue weighted by Crippen LogP contribution is -2.12. The lowest BCUT2D eigenvalue weighted by molar-refractivity contribution is 0.0999. The molecule has 0 atom stereocenters. The minimum absolute atomic E-state index is 0.441. The van der Waals surface area contributed by atoms with Gasteiger partial charge in [-0.15, -0.1) is 0 Å². The Morgan fingerprint density at radius 1 is 0.655 bits per heavy atom. The van der Waals surface area contributed by atoms with Gasteiger partial charge < -0.3 is 15.2 Å². The second kappa shape index (κ2) is 17.2. The number of rotatable bonds is 19. The number of amides is 1. The normalized spacial score (nSPS) is 10.8. The molecule has 2 N–H and O–H groups in total. The Balaban J connectivity index is 2.32. The third-order valence-electron chi connectivity index (χ3n) is 5.20. The van der Waals surface area contributed by atoms with Crippen molar-refractivity contribution in [3.63, 3.8) is 0 Å². The fourth-order valence-electron chi connectivity index (χ4n) is 3.38. The van der Waals surface area contributed by atoms with Gasteiger partial charge in [-0.2, -0.15) is 0 Å². The zero-order valence-corrected chi connectivity index (χ0v) is 18.8. The van der Waals surface area contributed by atoms with Crippen LogP contribution < -0.4 is 15.2 Å². The summed E-state index contributed by atoms with van der Waals surface area (Å²) in [7, 11) is 0. The smallest absolute Gasteiger partial charge is 0.248 e. The maximum atomic E-state index is 11.6. The summed E-state index contributed by atoms with van der Waals surface area (Å²) in [4.78, 5) is 11.6. The average Bonchev–Trinajstić information content (AvgIpc) is 2.72. The number of ether oxygens (including phenoxy) is 2. The van der Waals surface area contributed by atoms with Crippen LogP contribution in [0.25, 0.3) is 0 Å². The summed E-state index contributed by atoms with van der Waals surface area (Å²) in [5.41, 5.74) is 5.91. The highest BCUT2D eigenvalue weighted by atomic mass is 16.5. The quantitative estimate of drug-likeness (QED) is 0.251. The van der Waals surface area contributed by atoms with Crippen LogP contribution in [0, 0.1) is 0 Å². The fraction of sp³-hybridized carbons (Fsp3) is 0.720. The predicted molar refractivity (Wildman–Crippen MR) is 122 cm³/mol. The van der Waals surface area contributed by atoms with Crippen LogP contribution in [-0.4, -0.2) is 19.1 Å². The van der Waals surface area contributed by atoms with Crippen molar-refractivity contribution in [2.45, 2.75) is 104 Å². The minimum atomic E-state index is -0.452. The number of primary amides is 1. The molecule has 0 aliphatic rings. The molecule has 0 spiro atoms. The lowest BCUT2D eigenvalue weighted by Gasteiger charge is -2.11. The summed E-state index contributed by atoms with van der Waals surface area (Å²) in [6, 6.07) is 5.29. The highest BCUT2D eigenvalue weighted by Crippen LogP contribution is 2.24. The Morgan fingerprint density at radius 2 is 1.03 bits per heavy atom. The van der Waals surface area contributed by atoms with E-state index in [0.29, 0.717) is 30.3 Å². The number of hydrogen-bond donors (Lipinski definition) is 1. The zero-order valence-electron chi connectivity index (χ0n) is 18.8. The van der Waals surface area contributed by atoms with Gasteiger partial charge in [0.15, 0.2) is 0 Å². The maximum absolute atomic E-state index is 11.6. The van der Waals surface area contributed by atoms with Gasteiger partial charge in [0.2, 0.25) is 5.91 Å². The van der Waals surface area contributed by atoms with E-state index in [1.165, 1.54) is 77.0 Å². The van der Waals surface area contributed by atoms with Crippen LogP contribution in [0.5, 0.6) is 11.5 Å². The van der Waals surface area contributed by atoms with Gasteiger partial charge in [-0.25, -0.2) is 0 Å². The molecule has 1 aromatic carbocycles. The first-order chi connectivity index (χ1) is 14.2. The molecule has 0 aliphatic carbocycles. The second-order valence-electron chi connectivity index (χ2n) is 8.00. The first-order valence-corrected chi connectivity index (χ1v) is 11.9. The average molecular weight is 406 g/mol. The van der Waals surface area contributed by atoms with E-state index < -0.39 is 5.91 Å². The minimum Gasteiger partial charge on any atom is -0.493 e. The number of carbonyl (C=O) groups is 1. The van der Waals surface area contributed by atoms with Crippen LogP contribution in [0.15, 0.2) is 18.2 Å². The molecule has 4 heteroatoms. The highest BCUT2D eigenvalue weighted by Gasteiger charge is 2.08. The van der Waals surface area contributed by atoms with E-state index in [2.05, 4.69) is 13.8 Å². The Kier molecular flexibility index (Phi) is 15.0. The van der Waals surface area contributed by atoms with Crippen LogP contribution in [-0.2, 0) is 0 Å². The summed E-state index contributed by atoms with van der Waals surface area (Å²) in [6.45, 7) is 5.79. The molecule has 29 heavy (non-hydrogen) atoms. The fourth-order valence-corrected chi connectivity index (χ4v) is 3.38. The summed E-state index contributed by atoms with van der Waals surface area (Å²) in [6.07, 6.45) is 17.4. The van der Waals surface area contributed by atoms with E-state index in [-0.39, 0.29) is 0 Å². The van der Waals surface area contributed by atoms with Gasteiger partial charge in [0, 0.05) is 11.6 Å². The number of unbranched alkanes of at least 4 members (excludes halogenated alkanes) is 12. The summed E-state index contributed by atoms with van der Waals surface area (Å²) >= 11 is 0. The molecule has 166 valence electrons. The summed E-state index contributed by atoms with van der Waals surface area (Å²) in [5.74, 6) is 0.885. The van der Waals surface area contributed by atoms with Crippen LogP contribution in [0.3, 0.4) is 0 Å². The molecule has 0 saturated carbocycles. The van der Waals surface area contributed by atoms with Crippen LogP contribution >= 0.6 is 0 Å². The van der Waals surface area contributed by atoms with Gasteiger partial charge in [0.25, 0.3) is 0 Å². The number of nitrogens with two attached hydrogens (primary N) is 1. The van der Waals surface area contributed by atoms with Gasteiger partial charge in [-0.1, -0.05) is 90.9 Å². The van der Waals surface area contributed by atoms with Gasteiger partial charge in [0.05, 0.1) is 13.2 Å². The molecule has 1 amide bonds. The standard InChI is InChI=1S/C25H43NO3/c1-3-5-7-9-11-13-15-17-28-23-19-22(25(26)27)20-24(21-23)29-18-16-14-12-10-8-6-4-2/h19-21H,3-18H2,1-2H3,(H2,26,27). The molecule has 1 rings (SSSR count). The third-order valence-corrected chi connectivity index (χ3v) is 5.20. The summed E-state index contributed by atoms with van der Waals surface area (Å²) in [5, 5.41) is 0. The highest BCUT2D eigenvalue weighted by molar-refractivity contribution is 5.93. The molecule has 0 unspecified atom stereocenters. The molecule has 1 aromatic rings. The topological polar surface area (TPSA) is 61.6 Å². The van der Waals surface area contributed by atoms with Crippen molar-refractivity contribution < 1.29 is 14.3 Å². The maximum Gasteiger partial charge on any atom is 0.248 e. The Morgan fingerprint density at radius 3 is 1.41 bits per heavy atom. The van der Waals surface area contributed by atoms with E-state index in [1.807, 2.05) is 6.07 Å². The van der Waals surface area contributed by atoms with E-state index >= 15 is 0 Å². The molecule has 0 aliphatic heterocycles. The van der Waals surface area contributed by atoms with Crippen LogP contribution in [0.4, 0.5) is 0 Å². The second-order valence-corrected chi connectivity index (χ2v) is 8.00. The number of hydrogen-bond acceptors (Lipinski definition) is 3. The van der Waals surface area contributed by atoms with E-state index in [9.17, 15) is 4.79 Å². The molecule has 0 fully saturated rings. The van der Waals surface area contributed by atoms with E-state index in [1.54, 1.807) is 12.1 Å². The van der Waals surface area contributed by atoms with Crippen molar-refractivity contribution in [1.29, 1.82) is 0 Å². The number of benzene rings is 1. The molecular weight excluding hydrogens is 362 g/mol. The SMILES string of the molecule is CCCCCCCCCOc1cc(OCCCCCCCCC)cc(C(N)=O)c1. The Bertz CT molecular complexity index is 507. The molecule has 0 aromatic heterocycles. The first-order valence-electron chi connectivity index (χ1n) is 11.9. The molecule has 0 heterocycles. The predicted octanol–water partition coefficient (Wildman–Crippen LogP) is 7.04. The van der Waals surface area contributed by atoms with Gasteiger partial charge >= 0.3 is 0 Å². The van der Waals surface area contributed by atoms with Crippen LogP contribution in [0.1, 0.15) is 114 Å². The van der Waals surface area contributed by atoms with E-state index in [4.69, 9.17) is 15.2 Å². The Labute approximate surface area is 178 Å². The largest absolute Gasteiger partial charge is 0.493 e. The van der Waals surface area contributed by atoms with Crippen molar-refractivity contribution in [3.8, 4) is 11.5 Å². The Hall–Kier alpha value is -1.71. The molecule has 0 bridgehead atoms. The van der Waals surface area contributed by atoms with Crippen molar-refractivity contribution in [3.05, 3.63) is 23.8 Å². The van der Waals surface area contributed by atoms with Gasteiger partial charge in [-0.05, 0) is 25.0 Å². The van der Waals surface area contributed by atoms with Crippen molar-refractivity contribution in [2.24, 2.45) is 5.73 Å². The third kappa shape index (κ3) is 13.2. The number of carbonyl (C=O) groups excluding carboxylic acids is 1. The van der Waals surface area contributed by atoms with E-state index in [0.717, 1.165) is 12.8 Å². The van der Waals surface area contributed by atoms with Crippen molar-refractivity contribution in [1.82, 2.24) is 0 Å². The molecule has 0 radical (unpaired) electrons. The molecular formula is C25H43NO3. The monoisotopic (exact) mass is 405 g/mol. The first kappa shape index (κ1) is 25.3. The summed E-state index contributed by atoms with van der Waals surface area (Å²) < 4.78 is 11.7. The van der Waals surface area contributed by atoms with Gasteiger partial charge in [0.1, 0.15) is 11.5 Å². The van der Waals surface area contributed by atoms with Gasteiger partial charge in [-0.3, -0.25) is 4.79 Å². The van der Waals surface area contributed by atoms with Crippen LogP contribution in [0.2, 0.25) is 0 Å². The lowest BCUT2D eigenvalue weighted by atomic mass is 10.1. The zero-order chi connectivity index (χ0) is 21.2. The van der Waals surface area contributed by atoms with Crippen molar-refractivity contribution >= 4 is 5.91 Å². The van der Waals surface area contributed by atoms with Crippen molar-refractivity contribution in [2.75, 3.05) is 13.2 Å². The molecule has 4 nitrogen and oxygen atoms in total. The molecule has 0 saturated heterocycles.